The zero-order chi connectivity index (χ0) is 16.9. The molecule has 1 aliphatic heterocycles. The lowest BCUT2D eigenvalue weighted by Gasteiger charge is -2.27. The van der Waals surface area contributed by atoms with Crippen LogP contribution in [0.4, 0.5) is 5.69 Å². The molecule has 1 unspecified atom stereocenters. The lowest BCUT2D eigenvalue weighted by atomic mass is 10.2. The number of benzene rings is 1. The number of hydrogen-bond acceptors (Lipinski definition) is 5. The molecule has 1 heterocycles. The van der Waals surface area contributed by atoms with Crippen molar-refractivity contribution in [2.45, 2.75) is 18.9 Å². The molecule has 1 aromatic rings. The first-order valence-electron chi connectivity index (χ1n) is 7.56. The van der Waals surface area contributed by atoms with Crippen LogP contribution in [-0.2, 0) is 14.6 Å². The lowest BCUT2D eigenvalue weighted by Crippen LogP contribution is -2.43. The lowest BCUT2D eigenvalue weighted by molar-refractivity contribution is -0.119. The number of anilines is 1. The third-order valence-corrected chi connectivity index (χ3v) is 5.78. The van der Waals surface area contributed by atoms with E-state index in [0.29, 0.717) is 13.0 Å². The SMILES string of the molecule is CN(CC(=O)N(CCC#N)c1ccccc1)C1CCS(=O)(=O)C1. The molecule has 23 heavy (non-hydrogen) atoms. The molecule has 0 aromatic heterocycles. The number of carbonyl (C=O) groups is 1. The van der Waals surface area contributed by atoms with Crippen LogP contribution in [0.1, 0.15) is 12.8 Å². The first-order valence-corrected chi connectivity index (χ1v) is 9.38. The summed E-state index contributed by atoms with van der Waals surface area (Å²) in [5, 5.41) is 8.79. The zero-order valence-electron chi connectivity index (χ0n) is 13.2. The van der Waals surface area contributed by atoms with Crippen LogP contribution in [0.2, 0.25) is 0 Å². The topological polar surface area (TPSA) is 81.5 Å². The summed E-state index contributed by atoms with van der Waals surface area (Å²) in [6, 6.07) is 11.2. The Bertz CT molecular complexity index is 682. The number of likely N-dealkylation sites (N-methyl/N-ethyl adjacent to an activating group) is 1. The van der Waals surface area contributed by atoms with Gasteiger partial charge < -0.3 is 4.90 Å². The fourth-order valence-electron chi connectivity index (χ4n) is 2.72. The average Bonchev–Trinajstić information content (AvgIpc) is 2.89. The highest BCUT2D eigenvalue weighted by Gasteiger charge is 2.32. The Morgan fingerprint density at radius 1 is 1.35 bits per heavy atom. The maximum Gasteiger partial charge on any atom is 0.241 e. The molecule has 1 aliphatic rings. The molecule has 0 N–H and O–H groups in total. The largest absolute Gasteiger partial charge is 0.310 e. The number of para-hydroxylation sites is 1. The minimum atomic E-state index is -2.97. The van der Waals surface area contributed by atoms with Crippen LogP contribution >= 0.6 is 0 Å². The van der Waals surface area contributed by atoms with Crippen LogP contribution in [0.25, 0.3) is 0 Å². The van der Waals surface area contributed by atoms with Crippen LogP contribution in [0, 0.1) is 11.3 Å². The summed E-state index contributed by atoms with van der Waals surface area (Å²) >= 11 is 0. The molecule has 124 valence electrons. The second-order valence-corrected chi connectivity index (χ2v) is 7.99. The second kappa shape index (κ2) is 7.57. The number of nitriles is 1. The smallest absolute Gasteiger partial charge is 0.241 e. The molecule has 1 fully saturated rings. The van der Waals surface area contributed by atoms with Crippen molar-refractivity contribution in [3.8, 4) is 6.07 Å². The standard InChI is InChI=1S/C16H21N3O3S/c1-18(15-8-11-23(21,22)13-15)12-16(20)19(10-5-9-17)14-6-3-2-4-7-14/h2-4,6-7,15H,5,8,10-13H2,1H3. The number of hydrogen-bond donors (Lipinski definition) is 0. The summed E-state index contributed by atoms with van der Waals surface area (Å²) in [6.45, 7) is 0.469. The first-order chi connectivity index (χ1) is 10.9. The number of carbonyl (C=O) groups excluding carboxylic acids is 1. The third kappa shape index (κ3) is 4.78. The summed E-state index contributed by atoms with van der Waals surface area (Å²) in [4.78, 5) is 16.0. The van der Waals surface area contributed by atoms with E-state index in [0.717, 1.165) is 5.69 Å². The zero-order valence-corrected chi connectivity index (χ0v) is 14.0. The van der Waals surface area contributed by atoms with Gasteiger partial charge in [0.05, 0.1) is 30.5 Å². The average molecular weight is 335 g/mol. The van der Waals surface area contributed by atoms with Gasteiger partial charge in [-0.05, 0) is 25.6 Å². The van der Waals surface area contributed by atoms with Gasteiger partial charge in [0, 0.05) is 18.3 Å². The van der Waals surface area contributed by atoms with E-state index in [1.807, 2.05) is 30.3 Å². The van der Waals surface area contributed by atoms with Gasteiger partial charge in [0.15, 0.2) is 9.84 Å². The predicted octanol–water partition coefficient (Wildman–Crippen LogP) is 1.05. The summed E-state index contributed by atoms with van der Waals surface area (Å²) < 4.78 is 23.1. The van der Waals surface area contributed by atoms with Crippen molar-refractivity contribution in [2.24, 2.45) is 0 Å². The Labute approximate surface area is 137 Å². The van der Waals surface area contributed by atoms with Crippen molar-refractivity contribution in [3.63, 3.8) is 0 Å². The van der Waals surface area contributed by atoms with Gasteiger partial charge >= 0.3 is 0 Å². The van der Waals surface area contributed by atoms with E-state index in [4.69, 9.17) is 5.26 Å². The maximum absolute atomic E-state index is 12.6. The van der Waals surface area contributed by atoms with E-state index >= 15 is 0 Å². The predicted molar refractivity (Wildman–Crippen MR) is 88.7 cm³/mol. The number of rotatable bonds is 6. The van der Waals surface area contributed by atoms with Gasteiger partial charge in [0.25, 0.3) is 0 Å². The Balaban J connectivity index is 2.04. The molecule has 1 amide bonds. The second-order valence-electron chi connectivity index (χ2n) is 5.76. The summed E-state index contributed by atoms with van der Waals surface area (Å²) in [6.07, 6.45) is 0.817. The molecule has 0 bridgehead atoms. The quantitative estimate of drug-likeness (QED) is 0.776. The Hall–Kier alpha value is -1.91. The molecular weight excluding hydrogens is 314 g/mol. The van der Waals surface area contributed by atoms with Crippen molar-refractivity contribution in [1.82, 2.24) is 4.90 Å². The third-order valence-electron chi connectivity index (χ3n) is 4.03. The van der Waals surface area contributed by atoms with Crippen molar-refractivity contribution < 1.29 is 13.2 Å². The molecule has 0 spiro atoms. The molecule has 7 heteroatoms. The molecule has 6 nitrogen and oxygen atoms in total. The molecule has 1 atom stereocenters. The van der Waals surface area contributed by atoms with E-state index in [-0.39, 0.29) is 36.4 Å². The Morgan fingerprint density at radius 3 is 2.61 bits per heavy atom. The Kier molecular flexibility index (Phi) is 5.74. The van der Waals surface area contributed by atoms with Crippen LogP contribution in [0.3, 0.4) is 0 Å². The molecule has 0 aliphatic carbocycles. The number of sulfone groups is 1. The summed E-state index contributed by atoms with van der Waals surface area (Å²) in [5.74, 6) is 0.172. The van der Waals surface area contributed by atoms with E-state index in [1.165, 1.54) is 0 Å². The van der Waals surface area contributed by atoms with Crippen molar-refractivity contribution >= 4 is 21.4 Å². The van der Waals surface area contributed by atoms with Gasteiger partial charge in [-0.25, -0.2) is 8.42 Å². The minimum absolute atomic E-state index is 0.111. The highest BCUT2D eigenvalue weighted by Crippen LogP contribution is 2.18. The number of amides is 1. The van der Waals surface area contributed by atoms with Crippen LogP contribution in [-0.4, -0.2) is 56.9 Å². The van der Waals surface area contributed by atoms with Gasteiger partial charge in [0.1, 0.15) is 0 Å². The maximum atomic E-state index is 12.6. The van der Waals surface area contributed by atoms with Crippen molar-refractivity contribution in [1.29, 1.82) is 5.26 Å². The number of nitrogens with zero attached hydrogens (tertiary/aromatic N) is 3. The minimum Gasteiger partial charge on any atom is -0.310 e. The first kappa shape index (κ1) is 17.4. The van der Waals surface area contributed by atoms with Gasteiger partial charge in [-0.3, -0.25) is 9.69 Å². The van der Waals surface area contributed by atoms with Gasteiger partial charge in [-0.15, -0.1) is 0 Å². The fraction of sp³-hybridized carbons (Fsp3) is 0.500. The van der Waals surface area contributed by atoms with E-state index in [9.17, 15) is 13.2 Å². The van der Waals surface area contributed by atoms with Gasteiger partial charge in [-0.2, -0.15) is 5.26 Å². The molecular formula is C16H21N3O3S. The van der Waals surface area contributed by atoms with E-state index in [1.54, 1.807) is 16.8 Å². The van der Waals surface area contributed by atoms with Crippen molar-refractivity contribution in [2.75, 3.05) is 36.5 Å². The van der Waals surface area contributed by atoms with Gasteiger partial charge in [0.2, 0.25) is 5.91 Å². The normalized spacial score (nSPS) is 19.4. The van der Waals surface area contributed by atoms with Crippen LogP contribution in [0.15, 0.2) is 30.3 Å². The highest BCUT2D eigenvalue weighted by molar-refractivity contribution is 7.91. The molecule has 1 saturated heterocycles. The van der Waals surface area contributed by atoms with Crippen molar-refractivity contribution in [3.05, 3.63) is 30.3 Å². The molecule has 1 aromatic carbocycles. The molecule has 0 radical (unpaired) electrons. The van der Waals surface area contributed by atoms with E-state index < -0.39 is 9.84 Å². The van der Waals surface area contributed by atoms with Crippen LogP contribution < -0.4 is 4.90 Å². The van der Waals surface area contributed by atoms with E-state index in [2.05, 4.69) is 6.07 Å². The fourth-order valence-corrected chi connectivity index (χ4v) is 4.52. The highest BCUT2D eigenvalue weighted by atomic mass is 32.2. The van der Waals surface area contributed by atoms with Gasteiger partial charge in [-0.1, -0.05) is 18.2 Å². The molecule has 0 saturated carbocycles. The summed E-state index contributed by atoms with van der Waals surface area (Å²) in [7, 11) is -1.20. The monoisotopic (exact) mass is 335 g/mol. The Morgan fingerprint density at radius 2 is 2.04 bits per heavy atom. The molecule has 2 rings (SSSR count). The van der Waals surface area contributed by atoms with Crippen LogP contribution in [0.5, 0.6) is 0 Å². The summed E-state index contributed by atoms with van der Waals surface area (Å²) in [5.41, 5.74) is 0.750.